The van der Waals surface area contributed by atoms with Crippen LogP contribution in [-0.4, -0.2) is 43.7 Å². The normalized spacial score (nSPS) is 15.4. The van der Waals surface area contributed by atoms with Crippen molar-refractivity contribution in [1.82, 2.24) is 4.90 Å². The SMILES string of the molecule is Cc1cccc(OCCCC(=O)N(C)CC2COc3ccccc3O2)c1. The van der Waals surface area contributed by atoms with E-state index in [4.69, 9.17) is 14.2 Å². The summed E-state index contributed by atoms with van der Waals surface area (Å²) >= 11 is 0. The maximum Gasteiger partial charge on any atom is 0.222 e. The molecule has 0 fully saturated rings. The molecule has 3 rings (SSSR count). The highest BCUT2D eigenvalue weighted by atomic mass is 16.6. The number of rotatable bonds is 7. The maximum atomic E-state index is 12.3. The number of carbonyl (C=O) groups is 1. The zero-order valence-electron chi connectivity index (χ0n) is 15.3. The molecule has 0 saturated heterocycles. The lowest BCUT2D eigenvalue weighted by atomic mass is 10.2. The highest BCUT2D eigenvalue weighted by Crippen LogP contribution is 2.30. The third-order valence-corrected chi connectivity index (χ3v) is 4.26. The van der Waals surface area contributed by atoms with Crippen LogP contribution >= 0.6 is 0 Å². The number of amides is 1. The molecular weight excluding hydrogens is 330 g/mol. The first kappa shape index (κ1) is 18.1. The van der Waals surface area contributed by atoms with E-state index in [9.17, 15) is 4.79 Å². The standard InChI is InChI=1S/C21H25NO4/c1-16-7-5-8-17(13-16)24-12-6-11-21(23)22(2)14-18-15-25-19-9-3-4-10-20(19)26-18/h3-5,7-10,13,18H,6,11-12,14-15H2,1-2H3. The molecule has 0 aromatic heterocycles. The number of ether oxygens (including phenoxy) is 3. The van der Waals surface area contributed by atoms with Gasteiger partial charge in [0.25, 0.3) is 0 Å². The van der Waals surface area contributed by atoms with Gasteiger partial charge in [-0.05, 0) is 43.2 Å². The Morgan fingerprint density at radius 2 is 2.00 bits per heavy atom. The predicted molar refractivity (Wildman–Crippen MR) is 99.9 cm³/mol. The lowest BCUT2D eigenvalue weighted by molar-refractivity contribution is -0.131. The van der Waals surface area contributed by atoms with E-state index in [1.807, 2.05) is 55.5 Å². The fourth-order valence-electron chi connectivity index (χ4n) is 2.87. The van der Waals surface area contributed by atoms with E-state index in [0.717, 1.165) is 22.8 Å². The van der Waals surface area contributed by atoms with E-state index >= 15 is 0 Å². The van der Waals surface area contributed by atoms with Gasteiger partial charge in [0.1, 0.15) is 12.4 Å². The van der Waals surface area contributed by atoms with Gasteiger partial charge in [0, 0.05) is 13.5 Å². The zero-order chi connectivity index (χ0) is 18.4. The zero-order valence-corrected chi connectivity index (χ0v) is 15.3. The van der Waals surface area contributed by atoms with E-state index < -0.39 is 0 Å². The first-order chi connectivity index (χ1) is 12.6. The quantitative estimate of drug-likeness (QED) is 0.714. The Balaban J connectivity index is 1.38. The second-order valence-corrected chi connectivity index (χ2v) is 6.54. The Kier molecular flexibility index (Phi) is 6.00. The fourth-order valence-corrected chi connectivity index (χ4v) is 2.87. The van der Waals surface area contributed by atoms with Crippen LogP contribution in [0.5, 0.6) is 17.2 Å². The van der Waals surface area contributed by atoms with Crippen molar-refractivity contribution < 1.29 is 19.0 Å². The summed E-state index contributed by atoms with van der Waals surface area (Å²) in [6.07, 6.45) is 0.983. The summed E-state index contributed by atoms with van der Waals surface area (Å²) in [6.45, 7) is 3.51. The van der Waals surface area contributed by atoms with E-state index in [2.05, 4.69) is 0 Å². The van der Waals surface area contributed by atoms with E-state index in [-0.39, 0.29) is 12.0 Å². The van der Waals surface area contributed by atoms with Gasteiger partial charge in [-0.15, -0.1) is 0 Å². The minimum absolute atomic E-state index is 0.0836. The minimum Gasteiger partial charge on any atom is -0.494 e. The highest BCUT2D eigenvalue weighted by Gasteiger charge is 2.23. The number of aryl methyl sites for hydroxylation is 1. The topological polar surface area (TPSA) is 48.0 Å². The van der Waals surface area contributed by atoms with Crippen LogP contribution in [0.15, 0.2) is 48.5 Å². The van der Waals surface area contributed by atoms with E-state index in [1.54, 1.807) is 11.9 Å². The Labute approximate surface area is 154 Å². The van der Waals surface area contributed by atoms with Gasteiger partial charge in [0.15, 0.2) is 17.6 Å². The molecule has 1 aliphatic heterocycles. The van der Waals surface area contributed by atoms with Gasteiger partial charge in [0.2, 0.25) is 5.91 Å². The fraction of sp³-hybridized carbons (Fsp3) is 0.381. The van der Waals surface area contributed by atoms with Crippen molar-refractivity contribution in [2.24, 2.45) is 0 Å². The number of hydrogen-bond donors (Lipinski definition) is 0. The lowest BCUT2D eigenvalue weighted by Gasteiger charge is -2.29. The van der Waals surface area contributed by atoms with Crippen LogP contribution in [0.2, 0.25) is 0 Å². The van der Waals surface area contributed by atoms with Crippen LogP contribution in [0.4, 0.5) is 0 Å². The molecule has 1 amide bonds. The predicted octanol–water partition coefficient (Wildman–Crippen LogP) is 3.45. The summed E-state index contributed by atoms with van der Waals surface area (Å²) in [5.74, 6) is 2.42. The molecule has 1 aliphatic rings. The summed E-state index contributed by atoms with van der Waals surface area (Å²) < 4.78 is 17.3. The van der Waals surface area contributed by atoms with Crippen LogP contribution in [0, 0.1) is 6.92 Å². The molecule has 5 heteroatoms. The number of fused-ring (bicyclic) bond motifs is 1. The molecule has 5 nitrogen and oxygen atoms in total. The summed E-state index contributed by atoms with van der Waals surface area (Å²) in [7, 11) is 1.80. The monoisotopic (exact) mass is 355 g/mol. The third kappa shape index (κ3) is 4.91. The number of benzene rings is 2. The molecule has 0 aliphatic carbocycles. The van der Waals surface area contributed by atoms with Gasteiger partial charge >= 0.3 is 0 Å². The van der Waals surface area contributed by atoms with Gasteiger partial charge in [-0.2, -0.15) is 0 Å². The summed E-state index contributed by atoms with van der Waals surface area (Å²) in [4.78, 5) is 14.0. The van der Waals surface area contributed by atoms with Gasteiger partial charge in [-0.1, -0.05) is 24.3 Å². The number of likely N-dealkylation sites (N-methyl/N-ethyl adjacent to an activating group) is 1. The van der Waals surface area contributed by atoms with Crippen molar-refractivity contribution >= 4 is 5.91 Å². The van der Waals surface area contributed by atoms with Gasteiger partial charge in [-0.25, -0.2) is 0 Å². The molecular formula is C21H25NO4. The van der Waals surface area contributed by atoms with Crippen LogP contribution in [0.3, 0.4) is 0 Å². The van der Waals surface area contributed by atoms with Crippen molar-refractivity contribution in [1.29, 1.82) is 0 Å². The molecule has 0 bridgehead atoms. The first-order valence-corrected chi connectivity index (χ1v) is 8.94. The molecule has 0 N–H and O–H groups in total. The van der Waals surface area contributed by atoms with Crippen molar-refractivity contribution in [3.8, 4) is 17.2 Å². The van der Waals surface area contributed by atoms with Gasteiger partial charge in [-0.3, -0.25) is 4.79 Å². The highest BCUT2D eigenvalue weighted by molar-refractivity contribution is 5.75. The third-order valence-electron chi connectivity index (χ3n) is 4.26. The molecule has 1 unspecified atom stereocenters. The average Bonchev–Trinajstić information content (AvgIpc) is 2.65. The molecule has 0 radical (unpaired) electrons. The molecule has 1 atom stereocenters. The van der Waals surface area contributed by atoms with Crippen LogP contribution in [0.25, 0.3) is 0 Å². The summed E-state index contributed by atoms with van der Waals surface area (Å²) in [6, 6.07) is 15.5. The van der Waals surface area contributed by atoms with Crippen molar-refractivity contribution in [3.63, 3.8) is 0 Å². The van der Waals surface area contributed by atoms with Crippen molar-refractivity contribution in [2.45, 2.75) is 25.9 Å². The van der Waals surface area contributed by atoms with E-state index in [0.29, 0.717) is 32.6 Å². The van der Waals surface area contributed by atoms with Crippen LogP contribution < -0.4 is 14.2 Å². The average molecular weight is 355 g/mol. The molecule has 2 aromatic carbocycles. The number of nitrogens with zero attached hydrogens (tertiary/aromatic N) is 1. The minimum atomic E-state index is -0.151. The Bertz CT molecular complexity index is 746. The Hall–Kier alpha value is -2.69. The largest absolute Gasteiger partial charge is 0.494 e. The van der Waals surface area contributed by atoms with Gasteiger partial charge < -0.3 is 19.1 Å². The maximum absolute atomic E-state index is 12.3. The van der Waals surface area contributed by atoms with Crippen LogP contribution in [-0.2, 0) is 4.79 Å². The first-order valence-electron chi connectivity index (χ1n) is 8.94. The van der Waals surface area contributed by atoms with Gasteiger partial charge in [0.05, 0.1) is 13.2 Å². The Morgan fingerprint density at radius 3 is 2.81 bits per heavy atom. The molecule has 1 heterocycles. The Morgan fingerprint density at radius 1 is 1.19 bits per heavy atom. The second kappa shape index (κ2) is 8.61. The molecule has 2 aromatic rings. The molecule has 26 heavy (non-hydrogen) atoms. The van der Waals surface area contributed by atoms with Crippen molar-refractivity contribution in [2.75, 3.05) is 26.8 Å². The van der Waals surface area contributed by atoms with E-state index in [1.165, 1.54) is 0 Å². The van der Waals surface area contributed by atoms with Crippen molar-refractivity contribution in [3.05, 3.63) is 54.1 Å². The second-order valence-electron chi connectivity index (χ2n) is 6.54. The molecule has 0 spiro atoms. The summed E-state index contributed by atoms with van der Waals surface area (Å²) in [5.41, 5.74) is 1.16. The smallest absolute Gasteiger partial charge is 0.222 e. The number of carbonyl (C=O) groups excluding carboxylic acids is 1. The molecule has 138 valence electrons. The van der Waals surface area contributed by atoms with Crippen LogP contribution in [0.1, 0.15) is 18.4 Å². The lowest BCUT2D eigenvalue weighted by Crippen LogP contribution is -2.41. The number of para-hydroxylation sites is 2. The summed E-state index contributed by atoms with van der Waals surface area (Å²) in [5, 5.41) is 0. The number of hydrogen-bond acceptors (Lipinski definition) is 4. The molecule has 0 saturated carbocycles.